The minimum absolute atomic E-state index is 0. The second kappa shape index (κ2) is 2.59. The first-order chi connectivity index (χ1) is 2.24. The van der Waals surface area contributed by atoms with Gasteiger partial charge < -0.3 is 12.3 Å². The molecule has 0 aromatic carbocycles. The van der Waals surface area contributed by atoms with Crippen molar-refractivity contribution in [2.75, 3.05) is 0 Å². The van der Waals surface area contributed by atoms with Gasteiger partial charge in [0.1, 0.15) is 0 Å². The van der Waals surface area contributed by atoms with E-state index in [0.29, 0.717) is 0 Å². The van der Waals surface area contributed by atoms with Crippen molar-refractivity contribution in [3.63, 3.8) is 0 Å². The molecular formula is H8AlF5N2. The standard InChI is InChI=1S/Al.5FH.2H3N/h;5*1H;2*1H3/q+3;;;;;;;/p-3. The largest absolute Gasteiger partial charge is 0.369 e. The van der Waals surface area contributed by atoms with Crippen LogP contribution in [0.5, 0.6) is 0 Å². The molecule has 8 heteroatoms. The first-order valence-electron chi connectivity index (χ1n) is 1.09. The van der Waals surface area contributed by atoms with Crippen molar-refractivity contribution in [2.24, 2.45) is 0 Å². The van der Waals surface area contributed by atoms with Gasteiger partial charge in [0.25, 0.3) is 0 Å². The molecule has 0 aromatic heterocycles. The fraction of sp³-hybridized carbons (Fsp3) is 0. The minimum Gasteiger partial charge on any atom is -0.369 e. The van der Waals surface area contributed by atoms with Gasteiger partial charge in [-0.25, -0.2) is 0 Å². The summed E-state index contributed by atoms with van der Waals surface area (Å²) in [6.45, 7) is 0. The molecule has 0 aromatic rings. The summed E-state index contributed by atoms with van der Waals surface area (Å²) >= 11 is -8.95. The molecule has 0 aliphatic heterocycles. The Bertz CT molecular complexity index is 43.6. The third-order valence-electron chi connectivity index (χ3n) is 0. The van der Waals surface area contributed by atoms with Crippen LogP contribution in [0.3, 0.4) is 0 Å². The van der Waals surface area contributed by atoms with E-state index in [4.69, 9.17) is 0 Å². The molecule has 0 saturated heterocycles. The molecule has 0 aliphatic rings. The molecule has 0 unspecified atom stereocenters. The first-order valence-corrected chi connectivity index (χ1v) is 3.27. The monoisotopic (exact) mass is 158 g/mol. The molecule has 2 nitrogen and oxygen atoms in total. The van der Waals surface area contributed by atoms with E-state index in [0.717, 1.165) is 0 Å². The Morgan fingerprint density at radius 3 is 0.625 bits per heavy atom. The second-order valence-electron chi connectivity index (χ2n) is 0.825. The Labute approximate surface area is 45.2 Å². The molecule has 0 spiro atoms. The van der Waals surface area contributed by atoms with Crippen LogP contribution in [0.4, 0.5) is 17.6 Å². The number of halogens is 5. The summed E-state index contributed by atoms with van der Waals surface area (Å²) in [5, 5.41) is 0. The van der Waals surface area contributed by atoms with Gasteiger partial charge in [-0.15, -0.1) is 0 Å². The molecule has 8 N–H and O–H groups in total. The summed E-state index contributed by atoms with van der Waals surface area (Å²) in [6.07, 6.45) is 0. The van der Waals surface area contributed by atoms with Crippen molar-refractivity contribution < 1.29 is 17.6 Å². The van der Waals surface area contributed by atoms with Gasteiger partial charge in [0.2, 0.25) is 0 Å². The van der Waals surface area contributed by atoms with Gasteiger partial charge >= 0.3 is 31.9 Å². The molecule has 0 heterocycles. The number of hydrogen-bond acceptors (Lipinski definition) is 0. The zero-order valence-electron chi connectivity index (χ0n) is 4.47. The molecule has 0 saturated carbocycles. The van der Waals surface area contributed by atoms with Crippen LogP contribution in [0.25, 0.3) is 0 Å². The maximum Gasteiger partial charge on any atom is -0.369 e. The maximum atomic E-state index is 9.88. The van der Waals surface area contributed by atoms with Crippen LogP contribution >= 0.6 is 0 Å². The molecule has 0 rings (SSSR count). The summed E-state index contributed by atoms with van der Waals surface area (Å²) in [7, 11) is 0. The van der Waals surface area contributed by atoms with E-state index in [-0.39, 0.29) is 12.3 Å². The summed E-state index contributed by atoms with van der Waals surface area (Å²) < 4.78 is 49.4. The SMILES string of the molecule is [F][Al-2]([F])([F])([F])[F].[NH4+].[NH4+]. The summed E-state index contributed by atoms with van der Waals surface area (Å²) in [5.74, 6) is 0. The van der Waals surface area contributed by atoms with Crippen molar-refractivity contribution in [1.82, 2.24) is 12.3 Å². The third-order valence-corrected chi connectivity index (χ3v) is 0. The molecular weight excluding hydrogens is 150 g/mol. The van der Waals surface area contributed by atoms with Crippen LogP contribution in [-0.2, 0) is 0 Å². The van der Waals surface area contributed by atoms with Crippen molar-refractivity contribution in [3.8, 4) is 0 Å². The molecule has 0 fully saturated rings. The molecule has 0 bridgehead atoms. The van der Waals surface area contributed by atoms with Crippen LogP contribution in [-0.4, -0.2) is 14.3 Å². The fourth-order valence-corrected chi connectivity index (χ4v) is 0. The second-order valence-corrected chi connectivity index (χ2v) is 2.47. The first kappa shape index (κ1) is 15.7. The third kappa shape index (κ3) is 15100. The number of rotatable bonds is 0. The molecule has 0 amide bonds. The average molecular weight is 158 g/mol. The van der Waals surface area contributed by atoms with E-state index in [1.54, 1.807) is 0 Å². The predicted molar refractivity (Wildman–Crippen MR) is 23.3 cm³/mol. The van der Waals surface area contributed by atoms with E-state index in [2.05, 4.69) is 0 Å². The average Bonchev–Trinajstić information content (AvgIpc) is 0.650. The number of hydrogen-bond donors (Lipinski definition) is 2. The van der Waals surface area contributed by atoms with Gasteiger partial charge in [0, 0.05) is 0 Å². The molecule has 8 heavy (non-hydrogen) atoms. The summed E-state index contributed by atoms with van der Waals surface area (Å²) in [6, 6.07) is 0. The van der Waals surface area contributed by atoms with Crippen LogP contribution in [0.2, 0.25) is 0 Å². The van der Waals surface area contributed by atoms with Gasteiger partial charge in [0.05, 0.1) is 0 Å². The van der Waals surface area contributed by atoms with Crippen LogP contribution in [0, 0.1) is 0 Å². The van der Waals surface area contributed by atoms with E-state index in [1.165, 1.54) is 0 Å². The van der Waals surface area contributed by atoms with Gasteiger partial charge in [-0.05, 0) is 0 Å². The zero-order chi connectivity index (χ0) is 5.45. The van der Waals surface area contributed by atoms with Crippen LogP contribution in [0.15, 0.2) is 0 Å². The number of quaternary nitrogens is 2. The molecule has 0 aliphatic carbocycles. The molecule has 56 valence electrons. The van der Waals surface area contributed by atoms with Crippen molar-refractivity contribution in [2.45, 2.75) is 0 Å². The Kier molecular flexibility index (Phi) is 5.09. The van der Waals surface area contributed by atoms with Crippen molar-refractivity contribution in [3.05, 3.63) is 0 Å². The van der Waals surface area contributed by atoms with Gasteiger partial charge in [-0.2, -0.15) is 0 Å². The van der Waals surface area contributed by atoms with E-state index >= 15 is 0 Å². The minimum atomic E-state index is -8.95. The molecule has 0 radical (unpaired) electrons. The maximum absolute atomic E-state index is 9.88. The zero-order valence-corrected chi connectivity index (χ0v) is 5.62. The fourth-order valence-electron chi connectivity index (χ4n) is 0. The Morgan fingerprint density at radius 2 is 0.625 bits per heavy atom. The van der Waals surface area contributed by atoms with Crippen molar-refractivity contribution in [1.29, 1.82) is 0 Å². The Balaban J connectivity index is -0.000000125. The smallest absolute Gasteiger partial charge is 0.369 e. The van der Waals surface area contributed by atoms with E-state index in [1.807, 2.05) is 0 Å². The molecule has 0 atom stereocenters. The van der Waals surface area contributed by atoms with Crippen LogP contribution < -0.4 is 12.3 Å². The van der Waals surface area contributed by atoms with E-state index in [9.17, 15) is 17.6 Å². The Hall–Kier alpha value is 0.102. The van der Waals surface area contributed by atoms with Gasteiger partial charge in [-0.1, -0.05) is 0 Å². The van der Waals surface area contributed by atoms with Crippen molar-refractivity contribution >= 4 is 14.3 Å². The van der Waals surface area contributed by atoms with E-state index < -0.39 is 14.3 Å². The summed E-state index contributed by atoms with van der Waals surface area (Å²) in [5.41, 5.74) is 0. The summed E-state index contributed by atoms with van der Waals surface area (Å²) in [4.78, 5) is 0. The van der Waals surface area contributed by atoms with Gasteiger partial charge in [-0.3, -0.25) is 0 Å². The topological polar surface area (TPSA) is 73.0 Å². The predicted octanol–water partition coefficient (Wildman–Crippen LogP) is 2.47. The van der Waals surface area contributed by atoms with Crippen LogP contribution in [0.1, 0.15) is 0 Å². The quantitative estimate of drug-likeness (QED) is 0.401. The van der Waals surface area contributed by atoms with Gasteiger partial charge in [0.15, 0.2) is 0 Å². The Morgan fingerprint density at radius 1 is 0.625 bits per heavy atom. The normalized spacial score (nSPS) is 14.4.